The van der Waals surface area contributed by atoms with Crippen LogP contribution in [0.2, 0.25) is 0 Å². The van der Waals surface area contributed by atoms with E-state index in [1.54, 1.807) is 24.3 Å². The number of amides is 1. The molecule has 3 aromatic carbocycles. The van der Waals surface area contributed by atoms with Crippen LogP contribution in [0.25, 0.3) is 11.1 Å². The van der Waals surface area contributed by atoms with Gasteiger partial charge in [-0.3, -0.25) is 4.79 Å². The molecule has 0 aromatic heterocycles. The van der Waals surface area contributed by atoms with Crippen LogP contribution in [-0.2, 0) is 35.4 Å². The van der Waals surface area contributed by atoms with Gasteiger partial charge >= 0.3 is 0 Å². The summed E-state index contributed by atoms with van der Waals surface area (Å²) >= 11 is 0. The van der Waals surface area contributed by atoms with Gasteiger partial charge in [0.05, 0.1) is 11.5 Å². The second-order valence-corrected chi connectivity index (χ2v) is 12.8. The van der Waals surface area contributed by atoms with Gasteiger partial charge in [0.25, 0.3) is 5.91 Å². The highest BCUT2D eigenvalue weighted by atomic mass is 32.2. The van der Waals surface area contributed by atoms with Crippen LogP contribution >= 0.6 is 0 Å². The van der Waals surface area contributed by atoms with Crippen LogP contribution in [0.4, 0.5) is 4.39 Å². The minimum atomic E-state index is -4.07. The summed E-state index contributed by atoms with van der Waals surface area (Å²) in [6.45, 7) is 1.29. The van der Waals surface area contributed by atoms with Crippen molar-refractivity contribution in [2.75, 3.05) is 26.4 Å². The molecule has 2 heterocycles. The summed E-state index contributed by atoms with van der Waals surface area (Å²) in [6.07, 6.45) is 3.47. The molecule has 0 radical (unpaired) electrons. The van der Waals surface area contributed by atoms with Crippen LogP contribution in [0.1, 0.15) is 44.1 Å². The van der Waals surface area contributed by atoms with Crippen molar-refractivity contribution in [3.05, 3.63) is 84.2 Å². The Bertz CT molecular complexity index is 1430. The van der Waals surface area contributed by atoms with Gasteiger partial charge in [0, 0.05) is 26.2 Å². The molecule has 224 valence electrons. The number of hydrogen-bond acceptors (Lipinski definition) is 7. The maximum Gasteiger partial charge on any atom is 0.265 e. The topological polar surface area (TPSA) is 100 Å². The molecule has 0 spiro atoms. The second-order valence-electron chi connectivity index (χ2n) is 10.6. The third-order valence-electron chi connectivity index (χ3n) is 7.77. The van der Waals surface area contributed by atoms with E-state index < -0.39 is 26.8 Å². The first kappa shape index (κ1) is 30.2. The zero-order valence-corrected chi connectivity index (χ0v) is 24.2. The molecule has 0 saturated carbocycles. The number of halogens is 1. The third kappa shape index (κ3) is 7.00. The number of benzene rings is 3. The normalized spacial score (nSPS) is 18.7. The quantitative estimate of drug-likeness (QED) is 0.233. The summed E-state index contributed by atoms with van der Waals surface area (Å²) in [7, 11) is -4.07. The fourth-order valence-electron chi connectivity index (χ4n) is 5.29. The van der Waals surface area contributed by atoms with Gasteiger partial charge in [-0.15, -0.1) is 0 Å². The molecule has 2 fully saturated rings. The van der Waals surface area contributed by atoms with Crippen molar-refractivity contribution in [1.82, 2.24) is 5.48 Å². The largest absolute Gasteiger partial charge is 0.494 e. The molecule has 3 aromatic rings. The van der Waals surface area contributed by atoms with Crippen molar-refractivity contribution in [1.29, 1.82) is 0 Å². The number of carbonyl (C=O) groups excluding carboxylic acids is 1. The fourth-order valence-corrected chi connectivity index (χ4v) is 7.23. The zero-order chi connectivity index (χ0) is 29.4. The van der Waals surface area contributed by atoms with Gasteiger partial charge in [-0.1, -0.05) is 36.4 Å². The Kier molecular flexibility index (Phi) is 9.89. The summed E-state index contributed by atoms with van der Waals surface area (Å²) in [5, 5.41) is 0. The predicted octanol–water partition coefficient (Wildman–Crippen LogP) is 5.40. The minimum absolute atomic E-state index is 0.0245. The number of hydroxylamine groups is 1. The Morgan fingerprint density at radius 1 is 0.952 bits per heavy atom. The molecule has 1 amide bonds. The Labute approximate surface area is 246 Å². The Morgan fingerprint density at radius 3 is 2.43 bits per heavy atom. The molecule has 2 saturated heterocycles. The first-order chi connectivity index (χ1) is 20.4. The first-order valence-corrected chi connectivity index (χ1v) is 15.8. The van der Waals surface area contributed by atoms with E-state index in [4.69, 9.17) is 19.0 Å². The monoisotopic (exact) mass is 597 g/mol. The predicted molar refractivity (Wildman–Crippen MR) is 155 cm³/mol. The highest BCUT2D eigenvalue weighted by molar-refractivity contribution is 7.93. The molecule has 1 unspecified atom stereocenters. The molecule has 8 nitrogen and oxygen atoms in total. The van der Waals surface area contributed by atoms with Crippen LogP contribution in [0.5, 0.6) is 5.75 Å². The molecule has 0 bridgehead atoms. The standard InChI is InChI=1S/C32H36FNO7S/c33-27-11-9-25(10-12-27)26-7-3-5-24(23-26)6-4-20-39-28-13-15-29(16-14-28)42(36,37)32(17-21-38-22-18-32)31(35)34-41-30-8-1-2-19-40-30/h3,5,7,9-16,23,30H,1-2,4,6,8,17-22H2,(H,34,35). The highest BCUT2D eigenvalue weighted by Crippen LogP contribution is 2.36. The van der Waals surface area contributed by atoms with E-state index in [1.165, 1.54) is 24.3 Å². The summed E-state index contributed by atoms with van der Waals surface area (Å²) in [6, 6.07) is 20.7. The Balaban J connectivity index is 1.17. The van der Waals surface area contributed by atoms with Crippen LogP contribution in [0, 0.1) is 5.82 Å². The van der Waals surface area contributed by atoms with Crippen LogP contribution in [-0.4, -0.2) is 51.8 Å². The average Bonchev–Trinajstić information content (AvgIpc) is 3.03. The van der Waals surface area contributed by atoms with E-state index >= 15 is 0 Å². The zero-order valence-electron chi connectivity index (χ0n) is 23.4. The maximum atomic E-state index is 13.8. The molecule has 10 heteroatoms. The number of hydrogen-bond donors (Lipinski definition) is 1. The summed E-state index contributed by atoms with van der Waals surface area (Å²) < 4.78 is 55.9. The van der Waals surface area contributed by atoms with Crippen LogP contribution in [0.3, 0.4) is 0 Å². The summed E-state index contributed by atoms with van der Waals surface area (Å²) in [4.78, 5) is 18.8. The van der Waals surface area contributed by atoms with E-state index in [2.05, 4.69) is 11.5 Å². The van der Waals surface area contributed by atoms with E-state index in [0.29, 0.717) is 25.4 Å². The fraction of sp³-hybridized carbons (Fsp3) is 0.406. The maximum absolute atomic E-state index is 13.8. The van der Waals surface area contributed by atoms with E-state index in [9.17, 15) is 17.6 Å². The van der Waals surface area contributed by atoms with E-state index in [1.807, 2.05) is 18.2 Å². The van der Waals surface area contributed by atoms with Crippen LogP contribution < -0.4 is 10.2 Å². The lowest BCUT2D eigenvalue weighted by molar-refractivity contribution is -0.202. The van der Waals surface area contributed by atoms with Crippen molar-refractivity contribution >= 4 is 15.7 Å². The van der Waals surface area contributed by atoms with Crippen molar-refractivity contribution in [3.8, 4) is 16.9 Å². The lowest BCUT2D eigenvalue weighted by Crippen LogP contribution is -2.56. The first-order valence-electron chi connectivity index (χ1n) is 14.4. The number of nitrogens with one attached hydrogen (secondary N) is 1. The van der Waals surface area contributed by atoms with Crippen molar-refractivity contribution < 1.29 is 36.7 Å². The van der Waals surface area contributed by atoms with Gasteiger partial charge in [-0.05, 0) is 91.6 Å². The average molecular weight is 598 g/mol. The molecule has 1 atom stereocenters. The molecule has 1 N–H and O–H groups in total. The molecule has 0 aliphatic carbocycles. The van der Waals surface area contributed by atoms with Gasteiger partial charge in [0.2, 0.25) is 0 Å². The summed E-state index contributed by atoms with van der Waals surface area (Å²) in [5.41, 5.74) is 5.49. The van der Waals surface area contributed by atoms with E-state index in [0.717, 1.165) is 42.4 Å². The van der Waals surface area contributed by atoms with Gasteiger partial charge < -0.3 is 14.2 Å². The van der Waals surface area contributed by atoms with Crippen molar-refractivity contribution in [2.45, 2.75) is 60.9 Å². The highest BCUT2D eigenvalue weighted by Gasteiger charge is 2.52. The SMILES string of the molecule is O=C(NOC1CCCCO1)C1(S(=O)(=O)c2ccc(OCCCc3cccc(-c4ccc(F)cc4)c3)cc2)CCOCC1. The molecule has 5 rings (SSSR count). The van der Waals surface area contributed by atoms with Gasteiger partial charge in [0.15, 0.2) is 20.9 Å². The van der Waals surface area contributed by atoms with Gasteiger partial charge in [-0.25, -0.2) is 23.1 Å². The Hall–Kier alpha value is -3.31. The lowest BCUT2D eigenvalue weighted by atomic mass is 9.98. The number of rotatable bonds is 11. The summed E-state index contributed by atoms with van der Waals surface area (Å²) in [5.74, 6) is -0.428. The number of sulfone groups is 1. The molecular formula is C32H36FNO7S. The minimum Gasteiger partial charge on any atom is -0.494 e. The third-order valence-corrected chi connectivity index (χ3v) is 10.3. The van der Waals surface area contributed by atoms with Crippen LogP contribution in [0.15, 0.2) is 77.7 Å². The number of ether oxygens (including phenoxy) is 3. The van der Waals surface area contributed by atoms with E-state index in [-0.39, 0.29) is 36.8 Å². The Morgan fingerprint density at radius 2 is 1.71 bits per heavy atom. The number of carbonyl (C=O) groups is 1. The second kappa shape index (κ2) is 13.8. The molecular weight excluding hydrogens is 561 g/mol. The molecule has 42 heavy (non-hydrogen) atoms. The van der Waals surface area contributed by atoms with Gasteiger partial charge in [-0.2, -0.15) is 0 Å². The van der Waals surface area contributed by atoms with Gasteiger partial charge in [0.1, 0.15) is 11.6 Å². The molecule has 2 aliphatic heterocycles. The van der Waals surface area contributed by atoms with Crippen molar-refractivity contribution in [3.63, 3.8) is 0 Å². The lowest BCUT2D eigenvalue weighted by Gasteiger charge is -2.35. The molecule has 2 aliphatic rings. The number of aryl methyl sites for hydroxylation is 1. The smallest absolute Gasteiger partial charge is 0.265 e. The van der Waals surface area contributed by atoms with Crippen molar-refractivity contribution in [2.24, 2.45) is 0 Å².